The van der Waals surface area contributed by atoms with Gasteiger partial charge in [-0.3, -0.25) is 18.9 Å². The molecular formula is C18H24ClN3O3S. The van der Waals surface area contributed by atoms with Gasteiger partial charge >= 0.3 is 5.97 Å². The average Bonchev–Trinajstić information content (AvgIpc) is 2.83. The van der Waals surface area contributed by atoms with Gasteiger partial charge in [-0.25, -0.2) is 4.98 Å². The second kappa shape index (κ2) is 7.98. The monoisotopic (exact) mass is 397 g/mol. The van der Waals surface area contributed by atoms with Crippen LogP contribution in [0.4, 0.5) is 0 Å². The molecule has 2 heterocycles. The molecule has 0 bridgehead atoms. The fourth-order valence-corrected chi connectivity index (χ4v) is 3.17. The molecule has 2 aromatic heterocycles. The maximum Gasteiger partial charge on any atom is 0.323 e. The highest BCUT2D eigenvalue weighted by atomic mass is 35.5. The van der Waals surface area contributed by atoms with E-state index in [4.69, 9.17) is 16.3 Å². The molecule has 0 saturated heterocycles. The first-order chi connectivity index (χ1) is 12.0. The number of hydrogen-bond donors (Lipinski definition) is 2. The standard InChI is InChI=1S/C18H24ClN3O3S/c1-10(2)15(17(24)25-18(3,4)5)20-6-12-13(19)7-21-16-14(12)11(9-23)8-22(16)26/h7-10,15,20,26H,6H2,1-5H3. The van der Waals surface area contributed by atoms with Crippen LogP contribution in [0.15, 0.2) is 12.4 Å². The topological polar surface area (TPSA) is 73.2 Å². The number of fused-ring (bicyclic) bond motifs is 1. The van der Waals surface area contributed by atoms with Crippen molar-refractivity contribution in [1.29, 1.82) is 0 Å². The molecule has 0 aliphatic carbocycles. The molecule has 1 atom stereocenters. The van der Waals surface area contributed by atoms with Gasteiger partial charge < -0.3 is 4.74 Å². The van der Waals surface area contributed by atoms with Crippen molar-refractivity contribution >= 4 is 47.7 Å². The Hall–Kier alpha value is -1.57. The van der Waals surface area contributed by atoms with Crippen molar-refractivity contribution in [2.24, 2.45) is 5.92 Å². The second-order valence-electron chi connectivity index (χ2n) is 7.47. The summed E-state index contributed by atoms with van der Waals surface area (Å²) in [7, 11) is 0. The van der Waals surface area contributed by atoms with Gasteiger partial charge in [0.05, 0.1) is 5.02 Å². The van der Waals surface area contributed by atoms with Gasteiger partial charge in [0.15, 0.2) is 11.9 Å². The van der Waals surface area contributed by atoms with Crippen LogP contribution in [0.3, 0.4) is 0 Å². The van der Waals surface area contributed by atoms with E-state index in [0.29, 0.717) is 33.7 Å². The predicted octanol–water partition coefficient (Wildman–Crippen LogP) is 3.65. The average molecular weight is 398 g/mol. The van der Waals surface area contributed by atoms with E-state index in [0.717, 1.165) is 6.29 Å². The van der Waals surface area contributed by atoms with Crippen LogP contribution in [0.5, 0.6) is 0 Å². The first-order valence-electron chi connectivity index (χ1n) is 8.34. The fourth-order valence-electron chi connectivity index (χ4n) is 2.68. The van der Waals surface area contributed by atoms with Crippen LogP contribution in [0.25, 0.3) is 11.0 Å². The molecule has 6 nitrogen and oxygen atoms in total. The minimum absolute atomic E-state index is 0.0148. The molecule has 0 fully saturated rings. The lowest BCUT2D eigenvalue weighted by Gasteiger charge is -2.26. The number of aromatic nitrogens is 2. The summed E-state index contributed by atoms with van der Waals surface area (Å²) in [5.41, 5.74) is 1.11. The maximum absolute atomic E-state index is 12.5. The number of nitrogens with one attached hydrogen (secondary N) is 1. The first-order valence-corrected chi connectivity index (χ1v) is 9.12. The zero-order chi connectivity index (χ0) is 19.6. The van der Waals surface area contributed by atoms with Crippen molar-refractivity contribution in [2.75, 3.05) is 0 Å². The fraction of sp³-hybridized carbons (Fsp3) is 0.500. The van der Waals surface area contributed by atoms with Crippen molar-refractivity contribution in [3.8, 4) is 0 Å². The minimum atomic E-state index is -0.568. The highest BCUT2D eigenvalue weighted by molar-refractivity contribution is 7.78. The lowest BCUT2D eigenvalue weighted by Crippen LogP contribution is -2.44. The van der Waals surface area contributed by atoms with E-state index in [-0.39, 0.29) is 11.9 Å². The van der Waals surface area contributed by atoms with Gasteiger partial charge in [0, 0.05) is 29.9 Å². The Morgan fingerprint density at radius 3 is 2.65 bits per heavy atom. The molecule has 142 valence electrons. The molecule has 0 spiro atoms. The Morgan fingerprint density at radius 1 is 1.46 bits per heavy atom. The zero-order valence-electron chi connectivity index (χ0n) is 15.5. The second-order valence-corrected chi connectivity index (χ2v) is 8.30. The number of aldehydes is 1. The number of esters is 1. The van der Waals surface area contributed by atoms with Gasteiger partial charge in [0.1, 0.15) is 11.6 Å². The number of nitrogens with zero attached hydrogens (tertiary/aromatic N) is 2. The Kier molecular flexibility index (Phi) is 6.37. The van der Waals surface area contributed by atoms with Gasteiger partial charge in [0.25, 0.3) is 0 Å². The number of carbonyl (C=O) groups excluding carboxylic acids is 2. The number of pyridine rings is 1. The first kappa shape index (κ1) is 20.7. The summed E-state index contributed by atoms with van der Waals surface area (Å²) >= 11 is 10.6. The number of ether oxygens (including phenoxy) is 1. The Bertz CT molecular complexity index is 827. The quantitative estimate of drug-likeness (QED) is 0.442. The molecule has 2 rings (SSSR count). The molecule has 0 amide bonds. The third-order valence-corrected chi connectivity index (χ3v) is 4.46. The van der Waals surface area contributed by atoms with Gasteiger partial charge in [-0.15, -0.1) is 0 Å². The predicted molar refractivity (Wildman–Crippen MR) is 106 cm³/mol. The molecule has 1 unspecified atom stereocenters. The molecule has 26 heavy (non-hydrogen) atoms. The largest absolute Gasteiger partial charge is 0.459 e. The summed E-state index contributed by atoms with van der Waals surface area (Å²) in [5, 5.41) is 4.26. The number of halogens is 1. The highest BCUT2D eigenvalue weighted by Gasteiger charge is 2.28. The molecular weight excluding hydrogens is 374 g/mol. The SMILES string of the molecule is CC(C)C(NCc1c(Cl)cnc2c1c(C=O)cn2S)C(=O)OC(C)(C)C. The number of carbonyl (C=O) groups is 2. The third kappa shape index (κ3) is 4.58. The van der Waals surface area contributed by atoms with Crippen LogP contribution in [0.2, 0.25) is 5.02 Å². The summed E-state index contributed by atoms with van der Waals surface area (Å²) in [4.78, 5) is 28.1. The summed E-state index contributed by atoms with van der Waals surface area (Å²) in [6, 6.07) is -0.508. The molecule has 0 aliphatic rings. The van der Waals surface area contributed by atoms with Crippen molar-refractivity contribution in [3.05, 3.63) is 28.5 Å². The lowest BCUT2D eigenvalue weighted by atomic mass is 10.0. The Labute approximate surface area is 163 Å². The van der Waals surface area contributed by atoms with Crippen LogP contribution in [-0.2, 0) is 16.1 Å². The molecule has 0 aliphatic heterocycles. The minimum Gasteiger partial charge on any atom is -0.459 e. The molecule has 1 N–H and O–H groups in total. The Balaban J connectivity index is 2.33. The zero-order valence-corrected chi connectivity index (χ0v) is 17.2. The van der Waals surface area contributed by atoms with E-state index in [2.05, 4.69) is 23.1 Å². The van der Waals surface area contributed by atoms with Crippen molar-refractivity contribution in [1.82, 2.24) is 14.3 Å². The van der Waals surface area contributed by atoms with Gasteiger partial charge in [-0.1, -0.05) is 38.3 Å². The molecule has 0 radical (unpaired) electrons. The van der Waals surface area contributed by atoms with E-state index in [9.17, 15) is 9.59 Å². The number of rotatable bonds is 6. The third-order valence-electron chi connectivity index (χ3n) is 3.83. The molecule has 8 heteroatoms. The smallest absolute Gasteiger partial charge is 0.323 e. The highest BCUT2D eigenvalue weighted by Crippen LogP contribution is 2.29. The van der Waals surface area contributed by atoms with E-state index < -0.39 is 11.6 Å². The van der Waals surface area contributed by atoms with Crippen molar-refractivity contribution < 1.29 is 14.3 Å². The van der Waals surface area contributed by atoms with Crippen molar-refractivity contribution in [3.63, 3.8) is 0 Å². The molecule has 0 aromatic carbocycles. The van der Waals surface area contributed by atoms with Gasteiger partial charge in [-0.2, -0.15) is 0 Å². The summed E-state index contributed by atoms with van der Waals surface area (Å²) in [6.07, 6.45) is 3.84. The van der Waals surface area contributed by atoms with Crippen LogP contribution in [0, 0.1) is 5.92 Å². The van der Waals surface area contributed by atoms with E-state index in [1.54, 1.807) is 6.20 Å². The molecule has 2 aromatic rings. The molecule has 0 saturated carbocycles. The Morgan fingerprint density at radius 2 is 2.12 bits per heavy atom. The summed E-state index contributed by atoms with van der Waals surface area (Å²) < 4.78 is 6.98. The number of thiol groups is 1. The van der Waals surface area contributed by atoms with Crippen LogP contribution in [-0.4, -0.2) is 32.9 Å². The number of hydrogen-bond acceptors (Lipinski definition) is 6. The van der Waals surface area contributed by atoms with Crippen LogP contribution < -0.4 is 5.32 Å². The van der Waals surface area contributed by atoms with Crippen LogP contribution >= 0.6 is 24.4 Å². The lowest BCUT2D eigenvalue weighted by molar-refractivity contribution is -0.158. The van der Waals surface area contributed by atoms with E-state index in [1.165, 1.54) is 10.2 Å². The van der Waals surface area contributed by atoms with Gasteiger partial charge in [-0.05, 0) is 32.3 Å². The maximum atomic E-state index is 12.5. The summed E-state index contributed by atoms with van der Waals surface area (Å²) in [5.74, 6) is -0.308. The van der Waals surface area contributed by atoms with Crippen molar-refractivity contribution in [2.45, 2.75) is 52.8 Å². The van der Waals surface area contributed by atoms with Crippen LogP contribution in [0.1, 0.15) is 50.5 Å². The van der Waals surface area contributed by atoms with E-state index >= 15 is 0 Å². The summed E-state index contributed by atoms with van der Waals surface area (Å²) in [6.45, 7) is 9.66. The normalized spacial score (nSPS) is 13.2. The van der Waals surface area contributed by atoms with Gasteiger partial charge in [0.2, 0.25) is 0 Å². The van der Waals surface area contributed by atoms with E-state index in [1.807, 2.05) is 34.6 Å².